The van der Waals surface area contributed by atoms with Gasteiger partial charge in [-0.3, -0.25) is 9.69 Å². The molecule has 1 aromatic heterocycles. The van der Waals surface area contributed by atoms with Gasteiger partial charge in [0.05, 0.1) is 0 Å². The van der Waals surface area contributed by atoms with Gasteiger partial charge >= 0.3 is 0 Å². The molecule has 2 rings (SSSR count). The van der Waals surface area contributed by atoms with Crippen LogP contribution in [0.15, 0.2) is 29.0 Å². The van der Waals surface area contributed by atoms with Gasteiger partial charge in [0.15, 0.2) is 0 Å². The molecule has 1 aliphatic rings. The molecule has 2 heterocycles. The van der Waals surface area contributed by atoms with Crippen LogP contribution in [0.1, 0.15) is 12.5 Å². The molecule has 4 heteroatoms. The highest BCUT2D eigenvalue weighted by Gasteiger charge is 2.19. The van der Waals surface area contributed by atoms with Crippen molar-refractivity contribution in [3.8, 4) is 0 Å². The van der Waals surface area contributed by atoms with Crippen LogP contribution in [0, 0.1) is 0 Å². The van der Waals surface area contributed by atoms with Gasteiger partial charge in [-0.15, -0.1) is 0 Å². The quantitative estimate of drug-likeness (QED) is 0.766. The monoisotopic (exact) mass is 250 g/mol. The predicted octanol–water partition coefficient (Wildman–Crippen LogP) is 1.97. The number of nitrogens with zero attached hydrogens (tertiary/aromatic N) is 2. The van der Waals surface area contributed by atoms with Crippen LogP contribution in [-0.2, 0) is 11.3 Å². The van der Waals surface area contributed by atoms with Crippen molar-refractivity contribution in [3.63, 3.8) is 0 Å². The van der Waals surface area contributed by atoms with Crippen molar-refractivity contribution in [1.82, 2.24) is 9.80 Å². The second kappa shape index (κ2) is 5.98. The van der Waals surface area contributed by atoms with Crippen LogP contribution in [0.25, 0.3) is 0 Å². The molecule has 0 saturated carbocycles. The molecule has 92 valence electrons. The molecule has 1 amide bonds. The number of allylic oxidation sites excluding steroid dienone is 1. The van der Waals surface area contributed by atoms with Crippen molar-refractivity contribution in [2.45, 2.75) is 13.5 Å². The summed E-state index contributed by atoms with van der Waals surface area (Å²) in [4.78, 5) is 16.0. The van der Waals surface area contributed by atoms with Crippen LogP contribution in [-0.4, -0.2) is 41.9 Å². The fraction of sp³-hybridized carbons (Fsp3) is 0.462. The first-order valence-corrected chi connectivity index (χ1v) is 6.89. The molecule has 0 unspecified atom stereocenters. The summed E-state index contributed by atoms with van der Waals surface area (Å²) >= 11 is 1.74. The maximum Gasteiger partial charge on any atom is 0.246 e. The van der Waals surface area contributed by atoms with Gasteiger partial charge in [0.2, 0.25) is 5.91 Å². The highest BCUT2D eigenvalue weighted by molar-refractivity contribution is 7.07. The molecular weight excluding hydrogens is 232 g/mol. The molecule has 17 heavy (non-hydrogen) atoms. The van der Waals surface area contributed by atoms with E-state index in [1.807, 2.05) is 11.8 Å². The molecule has 0 radical (unpaired) electrons. The van der Waals surface area contributed by atoms with Gasteiger partial charge in [-0.2, -0.15) is 11.3 Å². The number of carbonyl (C=O) groups excluding carboxylic acids is 1. The second-order valence-electron chi connectivity index (χ2n) is 4.23. The predicted molar refractivity (Wildman–Crippen MR) is 71.0 cm³/mol. The summed E-state index contributed by atoms with van der Waals surface area (Å²) in [6.45, 7) is 6.51. The zero-order chi connectivity index (χ0) is 12.1. The Kier molecular flexibility index (Phi) is 4.34. The van der Waals surface area contributed by atoms with Gasteiger partial charge in [0.25, 0.3) is 0 Å². The number of piperazine rings is 1. The second-order valence-corrected chi connectivity index (χ2v) is 5.01. The molecule has 0 aromatic carbocycles. The van der Waals surface area contributed by atoms with E-state index < -0.39 is 0 Å². The number of carbonyl (C=O) groups is 1. The Bertz CT molecular complexity index is 378. The Morgan fingerprint density at radius 2 is 2.18 bits per heavy atom. The van der Waals surface area contributed by atoms with E-state index in [4.69, 9.17) is 0 Å². The molecule has 0 atom stereocenters. The number of amides is 1. The van der Waals surface area contributed by atoms with Crippen molar-refractivity contribution >= 4 is 17.2 Å². The maximum absolute atomic E-state index is 11.6. The smallest absolute Gasteiger partial charge is 0.246 e. The summed E-state index contributed by atoms with van der Waals surface area (Å²) in [6, 6.07) is 2.17. The first kappa shape index (κ1) is 12.3. The Balaban J connectivity index is 1.80. The van der Waals surface area contributed by atoms with E-state index in [0.29, 0.717) is 0 Å². The fourth-order valence-electron chi connectivity index (χ4n) is 2.02. The van der Waals surface area contributed by atoms with E-state index >= 15 is 0 Å². The molecule has 0 aliphatic carbocycles. The molecule has 1 aromatic rings. The average Bonchev–Trinajstić information content (AvgIpc) is 2.83. The summed E-state index contributed by atoms with van der Waals surface area (Å²) in [6.07, 6.45) is 3.45. The summed E-state index contributed by atoms with van der Waals surface area (Å²) in [7, 11) is 0. The Labute approximate surface area is 106 Å². The zero-order valence-corrected chi connectivity index (χ0v) is 10.9. The summed E-state index contributed by atoms with van der Waals surface area (Å²) in [5, 5.41) is 4.30. The van der Waals surface area contributed by atoms with Crippen LogP contribution >= 0.6 is 11.3 Å². The van der Waals surface area contributed by atoms with Crippen molar-refractivity contribution in [2.24, 2.45) is 0 Å². The number of rotatable bonds is 3. The number of hydrogen-bond acceptors (Lipinski definition) is 3. The number of hydrogen-bond donors (Lipinski definition) is 0. The van der Waals surface area contributed by atoms with E-state index in [1.165, 1.54) is 5.56 Å². The fourth-order valence-corrected chi connectivity index (χ4v) is 2.67. The van der Waals surface area contributed by atoms with Crippen LogP contribution in [0.2, 0.25) is 0 Å². The first-order chi connectivity index (χ1) is 8.29. The van der Waals surface area contributed by atoms with Gasteiger partial charge < -0.3 is 4.90 Å². The molecule has 0 spiro atoms. The molecular formula is C13H18N2OS. The van der Waals surface area contributed by atoms with E-state index in [9.17, 15) is 4.79 Å². The zero-order valence-electron chi connectivity index (χ0n) is 10.1. The Morgan fingerprint density at radius 3 is 2.76 bits per heavy atom. The van der Waals surface area contributed by atoms with Crippen molar-refractivity contribution in [1.29, 1.82) is 0 Å². The molecule has 0 bridgehead atoms. The van der Waals surface area contributed by atoms with Crippen molar-refractivity contribution in [2.75, 3.05) is 26.2 Å². The van der Waals surface area contributed by atoms with Crippen LogP contribution in [0.5, 0.6) is 0 Å². The highest BCUT2D eigenvalue weighted by atomic mass is 32.1. The SMILES string of the molecule is CC=CC(=O)N1CCN(Cc2ccsc2)CC1. The molecule has 1 aliphatic heterocycles. The van der Waals surface area contributed by atoms with Gasteiger partial charge in [0.1, 0.15) is 0 Å². The topological polar surface area (TPSA) is 23.6 Å². The lowest BCUT2D eigenvalue weighted by Crippen LogP contribution is -2.47. The van der Waals surface area contributed by atoms with E-state index in [2.05, 4.69) is 21.7 Å². The number of thiophene rings is 1. The summed E-state index contributed by atoms with van der Waals surface area (Å²) in [5.74, 6) is 0.141. The molecule has 0 N–H and O–H groups in total. The standard InChI is InChI=1S/C13H18N2OS/c1-2-3-13(16)15-7-5-14(6-8-15)10-12-4-9-17-11-12/h2-4,9,11H,5-8,10H2,1H3. The van der Waals surface area contributed by atoms with Crippen LogP contribution < -0.4 is 0 Å². The van der Waals surface area contributed by atoms with Gasteiger partial charge in [-0.05, 0) is 35.4 Å². The van der Waals surface area contributed by atoms with E-state index in [-0.39, 0.29) is 5.91 Å². The van der Waals surface area contributed by atoms with E-state index in [1.54, 1.807) is 23.5 Å². The van der Waals surface area contributed by atoms with Gasteiger partial charge in [-0.1, -0.05) is 6.08 Å². The highest BCUT2D eigenvalue weighted by Crippen LogP contribution is 2.11. The van der Waals surface area contributed by atoms with Gasteiger partial charge in [-0.25, -0.2) is 0 Å². The van der Waals surface area contributed by atoms with Gasteiger partial charge in [0, 0.05) is 32.7 Å². The van der Waals surface area contributed by atoms with Crippen molar-refractivity contribution in [3.05, 3.63) is 34.5 Å². The molecule has 1 saturated heterocycles. The van der Waals surface area contributed by atoms with Crippen LogP contribution in [0.4, 0.5) is 0 Å². The lowest BCUT2D eigenvalue weighted by atomic mass is 10.2. The maximum atomic E-state index is 11.6. The normalized spacial score (nSPS) is 17.8. The summed E-state index contributed by atoms with van der Waals surface area (Å²) < 4.78 is 0. The molecule has 1 fully saturated rings. The molecule has 3 nitrogen and oxygen atoms in total. The lowest BCUT2D eigenvalue weighted by Gasteiger charge is -2.34. The third-order valence-electron chi connectivity index (χ3n) is 2.98. The Morgan fingerprint density at radius 1 is 1.41 bits per heavy atom. The minimum atomic E-state index is 0.141. The van der Waals surface area contributed by atoms with Crippen LogP contribution in [0.3, 0.4) is 0 Å². The minimum absolute atomic E-state index is 0.141. The third kappa shape index (κ3) is 3.41. The third-order valence-corrected chi connectivity index (χ3v) is 3.71. The van der Waals surface area contributed by atoms with Crippen molar-refractivity contribution < 1.29 is 4.79 Å². The largest absolute Gasteiger partial charge is 0.337 e. The summed E-state index contributed by atoms with van der Waals surface area (Å²) in [5.41, 5.74) is 1.38. The Hall–Kier alpha value is -1.13. The lowest BCUT2D eigenvalue weighted by molar-refractivity contribution is -0.127. The minimum Gasteiger partial charge on any atom is -0.337 e. The first-order valence-electron chi connectivity index (χ1n) is 5.94. The van der Waals surface area contributed by atoms with E-state index in [0.717, 1.165) is 32.7 Å². The average molecular weight is 250 g/mol.